The molecule has 1 aliphatic heterocycles. The Morgan fingerprint density at radius 3 is 2.20 bits per heavy atom. The summed E-state index contributed by atoms with van der Waals surface area (Å²) in [5, 5.41) is 8.88. The van der Waals surface area contributed by atoms with Crippen molar-refractivity contribution in [3.63, 3.8) is 0 Å². The Balaban J connectivity index is 2.20. The zero-order chi connectivity index (χ0) is 14.9. The molecule has 108 valence electrons. The number of aliphatic carboxylic acids is 1. The Morgan fingerprint density at radius 1 is 1.15 bits per heavy atom. The second-order valence-electron chi connectivity index (χ2n) is 4.67. The highest BCUT2D eigenvalue weighted by atomic mass is 19.4. The third-order valence-corrected chi connectivity index (χ3v) is 3.37. The molecule has 1 amide bonds. The van der Waals surface area contributed by atoms with Crippen molar-refractivity contribution >= 4 is 11.9 Å². The predicted molar refractivity (Wildman–Crippen MR) is 63.0 cm³/mol. The van der Waals surface area contributed by atoms with Crippen LogP contribution >= 0.6 is 0 Å². The van der Waals surface area contributed by atoms with Crippen molar-refractivity contribution in [2.45, 2.75) is 6.18 Å². The minimum Gasteiger partial charge on any atom is -0.481 e. The minimum atomic E-state index is -4.63. The van der Waals surface area contributed by atoms with E-state index in [1.165, 1.54) is 12.1 Å². The Labute approximate surface area is 112 Å². The Hall–Kier alpha value is -2.05. The molecule has 0 saturated carbocycles. The number of carbonyl (C=O) groups excluding carboxylic acids is 1. The van der Waals surface area contributed by atoms with E-state index in [9.17, 15) is 22.8 Å². The van der Waals surface area contributed by atoms with Crippen LogP contribution in [0, 0.1) is 11.8 Å². The number of rotatable bonds is 2. The molecule has 1 fully saturated rings. The van der Waals surface area contributed by atoms with Gasteiger partial charge in [0, 0.05) is 18.7 Å². The maximum Gasteiger partial charge on any atom is 0.394 e. The van der Waals surface area contributed by atoms with Crippen LogP contribution in [0.5, 0.6) is 0 Å². The number of carboxylic acids is 1. The summed E-state index contributed by atoms with van der Waals surface area (Å²) in [6.45, 7) is -1.04. The molecule has 1 aromatic carbocycles. The van der Waals surface area contributed by atoms with Gasteiger partial charge < -0.3 is 10.0 Å². The molecule has 1 N–H and O–H groups in total. The van der Waals surface area contributed by atoms with Crippen LogP contribution in [0.2, 0.25) is 0 Å². The van der Waals surface area contributed by atoms with Crippen LogP contribution in [-0.2, 0) is 4.79 Å². The third-order valence-electron chi connectivity index (χ3n) is 3.37. The standard InChI is InChI=1S/C13H12F3NO3/c14-13(15,16)10-7-17(6-9(10)12(19)20)11(18)8-4-2-1-3-5-8/h1-5,9-10H,6-7H2,(H,19,20)/t9-,10-/m1/s1. The summed E-state index contributed by atoms with van der Waals surface area (Å²) in [5.41, 5.74) is 0.250. The van der Waals surface area contributed by atoms with Crippen LogP contribution < -0.4 is 0 Å². The van der Waals surface area contributed by atoms with E-state index >= 15 is 0 Å². The van der Waals surface area contributed by atoms with Crippen LogP contribution in [0.15, 0.2) is 30.3 Å². The lowest BCUT2D eigenvalue weighted by atomic mass is 9.96. The maximum atomic E-state index is 12.8. The number of hydrogen-bond donors (Lipinski definition) is 1. The third kappa shape index (κ3) is 2.76. The van der Waals surface area contributed by atoms with E-state index < -0.39 is 43.0 Å². The fourth-order valence-corrected chi connectivity index (χ4v) is 2.31. The summed E-state index contributed by atoms with van der Waals surface area (Å²) in [7, 11) is 0. The van der Waals surface area contributed by atoms with Crippen molar-refractivity contribution in [3.8, 4) is 0 Å². The minimum absolute atomic E-state index is 0.250. The average molecular weight is 287 g/mol. The van der Waals surface area contributed by atoms with E-state index in [0.29, 0.717) is 0 Å². The highest BCUT2D eigenvalue weighted by Crippen LogP contribution is 2.38. The highest BCUT2D eigenvalue weighted by Gasteiger charge is 2.53. The largest absolute Gasteiger partial charge is 0.481 e. The molecule has 1 aromatic rings. The van der Waals surface area contributed by atoms with E-state index in [1.54, 1.807) is 18.2 Å². The summed E-state index contributed by atoms with van der Waals surface area (Å²) in [6.07, 6.45) is -4.63. The summed E-state index contributed by atoms with van der Waals surface area (Å²) in [4.78, 5) is 23.9. The zero-order valence-electron chi connectivity index (χ0n) is 10.3. The number of halogens is 3. The van der Waals surface area contributed by atoms with E-state index in [2.05, 4.69) is 0 Å². The van der Waals surface area contributed by atoms with Crippen molar-refractivity contribution in [1.29, 1.82) is 0 Å². The van der Waals surface area contributed by atoms with Gasteiger partial charge in [-0.05, 0) is 12.1 Å². The number of benzene rings is 1. The number of carbonyl (C=O) groups is 2. The van der Waals surface area contributed by atoms with Gasteiger partial charge in [0.15, 0.2) is 0 Å². The van der Waals surface area contributed by atoms with E-state index in [1.807, 2.05) is 0 Å². The fraction of sp³-hybridized carbons (Fsp3) is 0.385. The molecule has 0 spiro atoms. The number of amides is 1. The van der Waals surface area contributed by atoms with E-state index in [0.717, 1.165) is 4.90 Å². The molecular formula is C13H12F3NO3. The van der Waals surface area contributed by atoms with Crippen LogP contribution in [0.25, 0.3) is 0 Å². The quantitative estimate of drug-likeness (QED) is 0.905. The first kappa shape index (κ1) is 14.4. The number of alkyl halides is 3. The maximum absolute atomic E-state index is 12.8. The summed E-state index contributed by atoms with van der Waals surface area (Å²) < 4.78 is 38.4. The molecule has 4 nitrogen and oxygen atoms in total. The van der Waals surface area contributed by atoms with Crippen LogP contribution in [0.4, 0.5) is 13.2 Å². The normalized spacial score (nSPS) is 22.9. The van der Waals surface area contributed by atoms with Crippen molar-refractivity contribution in [1.82, 2.24) is 4.90 Å². The fourth-order valence-electron chi connectivity index (χ4n) is 2.31. The van der Waals surface area contributed by atoms with E-state index in [-0.39, 0.29) is 5.56 Å². The SMILES string of the molecule is O=C(O)[C@@H]1CN(C(=O)c2ccccc2)C[C@H]1C(F)(F)F. The van der Waals surface area contributed by atoms with Crippen LogP contribution in [0.1, 0.15) is 10.4 Å². The lowest BCUT2D eigenvalue weighted by Gasteiger charge is -2.18. The molecule has 0 unspecified atom stereocenters. The van der Waals surface area contributed by atoms with Gasteiger partial charge in [0.2, 0.25) is 0 Å². The predicted octanol–water partition coefficient (Wildman–Crippen LogP) is 2.02. The van der Waals surface area contributed by atoms with Crippen molar-refractivity contribution < 1.29 is 27.9 Å². The van der Waals surface area contributed by atoms with Crippen LogP contribution in [0.3, 0.4) is 0 Å². The molecule has 2 rings (SSSR count). The highest BCUT2D eigenvalue weighted by molar-refractivity contribution is 5.94. The van der Waals surface area contributed by atoms with Gasteiger partial charge in [-0.2, -0.15) is 13.2 Å². The summed E-state index contributed by atoms with van der Waals surface area (Å²) >= 11 is 0. The van der Waals surface area contributed by atoms with Gasteiger partial charge in [-0.1, -0.05) is 18.2 Å². The topological polar surface area (TPSA) is 57.6 Å². The lowest BCUT2D eigenvalue weighted by Crippen LogP contribution is -2.34. The van der Waals surface area contributed by atoms with Gasteiger partial charge in [-0.3, -0.25) is 9.59 Å². The molecule has 1 aliphatic rings. The molecule has 20 heavy (non-hydrogen) atoms. The van der Waals surface area contributed by atoms with E-state index in [4.69, 9.17) is 5.11 Å². The second-order valence-corrected chi connectivity index (χ2v) is 4.67. The molecular weight excluding hydrogens is 275 g/mol. The smallest absolute Gasteiger partial charge is 0.394 e. The first-order chi connectivity index (χ1) is 9.30. The molecule has 7 heteroatoms. The second kappa shape index (κ2) is 5.15. The molecule has 0 aliphatic carbocycles. The molecule has 2 atom stereocenters. The van der Waals surface area contributed by atoms with Crippen molar-refractivity contribution in [2.24, 2.45) is 11.8 Å². The first-order valence-corrected chi connectivity index (χ1v) is 5.94. The van der Waals surface area contributed by atoms with Crippen molar-refractivity contribution in [3.05, 3.63) is 35.9 Å². The van der Waals surface area contributed by atoms with Gasteiger partial charge in [0.1, 0.15) is 0 Å². The molecule has 0 aromatic heterocycles. The van der Waals surface area contributed by atoms with Gasteiger partial charge in [-0.25, -0.2) is 0 Å². The monoisotopic (exact) mass is 287 g/mol. The Bertz CT molecular complexity index is 515. The number of nitrogens with zero attached hydrogens (tertiary/aromatic N) is 1. The molecule has 0 radical (unpaired) electrons. The first-order valence-electron chi connectivity index (χ1n) is 5.94. The Kier molecular flexibility index (Phi) is 3.69. The zero-order valence-corrected chi connectivity index (χ0v) is 10.3. The average Bonchev–Trinajstić information content (AvgIpc) is 2.84. The van der Waals surface area contributed by atoms with Gasteiger partial charge in [0.05, 0.1) is 11.8 Å². The molecule has 0 bridgehead atoms. The van der Waals surface area contributed by atoms with Crippen LogP contribution in [-0.4, -0.2) is 41.1 Å². The number of likely N-dealkylation sites (tertiary alicyclic amines) is 1. The van der Waals surface area contributed by atoms with Gasteiger partial charge in [0.25, 0.3) is 5.91 Å². The Morgan fingerprint density at radius 2 is 1.75 bits per heavy atom. The molecule has 1 saturated heterocycles. The molecule has 1 heterocycles. The summed E-state index contributed by atoms with van der Waals surface area (Å²) in [6, 6.07) is 7.84. The van der Waals surface area contributed by atoms with Crippen molar-refractivity contribution in [2.75, 3.05) is 13.1 Å². The van der Waals surface area contributed by atoms with Gasteiger partial charge >= 0.3 is 12.1 Å². The van der Waals surface area contributed by atoms with Gasteiger partial charge in [-0.15, -0.1) is 0 Å². The lowest BCUT2D eigenvalue weighted by molar-refractivity contribution is -0.187. The number of carboxylic acid groups (broad SMARTS) is 1. The summed E-state index contributed by atoms with van der Waals surface area (Å²) in [5.74, 6) is -5.74. The number of hydrogen-bond acceptors (Lipinski definition) is 2.